The minimum Gasteiger partial charge on any atom is -0.368 e. The lowest BCUT2D eigenvalue weighted by molar-refractivity contribution is -0.551. The zero-order chi connectivity index (χ0) is 8.27. The van der Waals surface area contributed by atoms with Crippen LogP contribution in [-0.4, -0.2) is 36.6 Å². The Bertz CT molecular complexity index is 153. The fourth-order valence-corrected chi connectivity index (χ4v) is 1.28. The first kappa shape index (κ1) is 8.72. The fraction of sp³-hybridized carbons (Fsp3) is 0.889. The van der Waals surface area contributed by atoms with Gasteiger partial charge < -0.3 is 4.74 Å². The molecular formula is C9H18NO+. The Kier molecular flexibility index (Phi) is 3.06. The minimum absolute atomic E-state index is 0.674. The highest BCUT2D eigenvalue weighted by Crippen LogP contribution is 1.99. The topological polar surface area (TPSA) is 12.2 Å². The highest BCUT2D eigenvalue weighted by Gasteiger charge is 2.16. The predicted molar refractivity (Wildman–Crippen MR) is 46.3 cm³/mol. The van der Waals surface area contributed by atoms with E-state index < -0.39 is 0 Å². The summed E-state index contributed by atoms with van der Waals surface area (Å²) in [5.41, 5.74) is 1.49. The molecule has 0 bridgehead atoms. The van der Waals surface area contributed by atoms with Gasteiger partial charge in [-0.3, -0.25) is 0 Å². The third-order valence-electron chi connectivity index (χ3n) is 2.35. The molecule has 64 valence electrons. The van der Waals surface area contributed by atoms with E-state index in [0.717, 1.165) is 26.3 Å². The van der Waals surface area contributed by atoms with Gasteiger partial charge in [-0.25, -0.2) is 4.58 Å². The SMILES string of the molecule is CC(C(C)C)=[N+]1CCOCC1. The zero-order valence-corrected chi connectivity index (χ0v) is 7.76. The molecule has 0 aromatic rings. The van der Waals surface area contributed by atoms with Crippen LogP contribution in [0.4, 0.5) is 0 Å². The minimum atomic E-state index is 0.674. The summed E-state index contributed by atoms with van der Waals surface area (Å²) < 4.78 is 7.70. The molecule has 0 N–H and O–H groups in total. The molecule has 11 heavy (non-hydrogen) atoms. The largest absolute Gasteiger partial charge is 0.368 e. The maximum Gasteiger partial charge on any atom is 0.166 e. The van der Waals surface area contributed by atoms with Crippen LogP contribution in [0, 0.1) is 5.92 Å². The molecule has 1 rings (SSSR count). The van der Waals surface area contributed by atoms with E-state index >= 15 is 0 Å². The van der Waals surface area contributed by atoms with Gasteiger partial charge in [0.2, 0.25) is 0 Å². The molecule has 0 spiro atoms. The van der Waals surface area contributed by atoms with Crippen LogP contribution in [0.5, 0.6) is 0 Å². The maximum atomic E-state index is 5.27. The van der Waals surface area contributed by atoms with Crippen LogP contribution in [0.2, 0.25) is 0 Å². The smallest absolute Gasteiger partial charge is 0.166 e. The molecule has 0 amide bonds. The van der Waals surface area contributed by atoms with Gasteiger partial charge in [0.05, 0.1) is 0 Å². The van der Waals surface area contributed by atoms with Crippen molar-refractivity contribution in [3.05, 3.63) is 0 Å². The molecule has 2 nitrogen and oxygen atoms in total. The van der Waals surface area contributed by atoms with Crippen molar-refractivity contribution in [1.82, 2.24) is 0 Å². The molecule has 0 radical (unpaired) electrons. The van der Waals surface area contributed by atoms with Crippen LogP contribution >= 0.6 is 0 Å². The van der Waals surface area contributed by atoms with Crippen LogP contribution in [0.3, 0.4) is 0 Å². The van der Waals surface area contributed by atoms with E-state index in [-0.39, 0.29) is 0 Å². The molecule has 1 aliphatic rings. The Morgan fingerprint density at radius 3 is 2.27 bits per heavy atom. The van der Waals surface area contributed by atoms with Gasteiger partial charge in [-0.15, -0.1) is 0 Å². The molecule has 2 heteroatoms. The van der Waals surface area contributed by atoms with E-state index in [1.807, 2.05) is 0 Å². The Labute approximate surface area is 68.9 Å². The normalized spacial score (nSPS) is 19.1. The lowest BCUT2D eigenvalue weighted by Crippen LogP contribution is -2.34. The van der Waals surface area contributed by atoms with Crippen molar-refractivity contribution in [2.75, 3.05) is 26.3 Å². The maximum absolute atomic E-state index is 5.27. The number of morpholine rings is 1. The number of hydrogen-bond acceptors (Lipinski definition) is 1. The number of nitrogens with zero attached hydrogens (tertiary/aromatic N) is 1. The van der Waals surface area contributed by atoms with Gasteiger partial charge in [0, 0.05) is 12.8 Å². The zero-order valence-electron chi connectivity index (χ0n) is 7.76. The van der Waals surface area contributed by atoms with Crippen LogP contribution < -0.4 is 0 Å². The summed E-state index contributed by atoms with van der Waals surface area (Å²) in [6.07, 6.45) is 0. The number of rotatable bonds is 1. The van der Waals surface area contributed by atoms with E-state index in [2.05, 4.69) is 25.3 Å². The third kappa shape index (κ3) is 2.29. The standard InChI is InChI=1S/C9H18NO/c1-8(2)9(3)10-4-6-11-7-5-10/h8H,4-7H2,1-3H3/q+1. The van der Waals surface area contributed by atoms with Gasteiger partial charge >= 0.3 is 0 Å². The second-order valence-corrected chi connectivity index (χ2v) is 3.40. The van der Waals surface area contributed by atoms with Crippen molar-refractivity contribution in [2.24, 2.45) is 5.92 Å². The van der Waals surface area contributed by atoms with Crippen LogP contribution in [-0.2, 0) is 4.74 Å². The summed E-state index contributed by atoms with van der Waals surface area (Å²) in [5.74, 6) is 0.674. The molecular weight excluding hydrogens is 138 g/mol. The fourth-order valence-electron chi connectivity index (χ4n) is 1.28. The van der Waals surface area contributed by atoms with Gasteiger partial charge in [-0.1, -0.05) is 13.8 Å². The molecule has 0 unspecified atom stereocenters. The highest BCUT2D eigenvalue weighted by atomic mass is 16.5. The quantitative estimate of drug-likeness (QED) is 0.519. The Balaban J connectivity index is 2.60. The summed E-state index contributed by atoms with van der Waals surface area (Å²) in [6.45, 7) is 10.6. The van der Waals surface area contributed by atoms with Crippen molar-refractivity contribution < 1.29 is 9.31 Å². The van der Waals surface area contributed by atoms with Crippen molar-refractivity contribution in [1.29, 1.82) is 0 Å². The van der Waals surface area contributed by atoms with Gasteiger partial charge in [0.25, 0.3) is 0 Å². The average molecular weight is 156 g/mol. The predicted octanol–water partition coefficient (Wildman–Crippen LogP) is 1.15. The lowest BCUT2D eigenvalue weighted by Gasteiger charge is -2.14. The second-order valence-electron chi connectivity index (χ2n) is 3.40. The van der Waals surface area contributed by atoms with Crippen molar-refractivity contribution in [3.63, 3.8) is 0 Å². The van der Waals surface area contributed by atoms with E-state index in [1.165, 1.54) is 5.71 Å². The lowest BCUT2D eigenvalue weighted by atomic mass is 10.1. The first-order valence-electron chi connectivity index (χ1n) is 4.38. The molecule has 0 aromatic heterocycles. The molecule has 1 aliphatic heterocycles. The molecule has 1 heterocycles. The first-order chi connectivity index (χ1) is 5.22. The molecule has 0 aromatic carbocycles. The molecule has 0 saturated carbocycles. The molecule has 0 atom stereocenters. The first-order valence-corrected chi connectivity index (χ1v) is 4.38. The summed E-state index contributed by atoms with van der Waals surface area (Å²) in [4.78, 5) is 0. The van der Waals surface area contributed by atoms with Gasteiger partial charge in [-0.05, 0) is 0 Å². The van der Waals surface area contributed by atoms with E-state index in [4.69, 9.17) is 4.74 Å². The van der Waals surface area contributed by atoms with E-state index in [1.54, 1.807) is 0 Å². The Morgan fingerprint density at radius 2 is 1.82 bits per heavy atom. The van der Waals surface area contributed by atoms with Crippen molar-refractivity contribution in [2.45, 2.75) is 20.8 Å². The summed E-state index contributed by atoms with van der Waals surface area (Å²) >= 11 is 0. The summed E-state index contributed by atoms with van der Waals surface area (Å²) in [5, 5.41) is 0. The summed E-state index contributed by atoms with van der Waals surface area (Å²) in [6, 6.07) is 0. The second kappa shape index (κ2) is 3.86. The molecule has 0 aliphatic carbocycles. The van der Waals surface area contributed by atoms with Crippen LogP contribution in [0.25, 0.3) is 0 Å². The van der Waals surface area contributed by atoms with Gasteiger partial charge in [0.15, 0.2) is 18.8 Å². The average Bonchev–Trinajstić information content (AvgIpc) is 2.05. The van der Waals surface area contributed by atoms with Gasteiger partial charge in [0.1, 0.15) is 13.2 Å². The molecule has 1 saturated heterocycles. The number of hydrogen-bond donors (Lipinski definition) is 0. The van der Waals surface area contributed by atoms with Crippen molar-refractivity contribution in [3.8, 4) is 0 Å². The van der Waals surface area contributed by atoms with E-state index in [9.17, 15) is 0 Å². The third-order valence-corrected chi connectivity index (χ3v) is 2.35. The van der Waals surface area contributed by atoms with Crippen LogP contribution in [0.15, 0.2) is 0 Å². The Morgan fingerprint density at radius 1 is 1.27 bits per heavy atom. The van der Waals surface area contributed by atoms with Gasteiger partial charge in [-0.2, -0.15) is 0 Å². The van der Waals surface area contributed by atoms with Crippen LogP contribution in [0.1, 0.15) is 20.8 Å². The highest BCUT2D eigenvalue weighted by molar-refractivity contribution is 5.78. The molecule has 1 fully saturated rings. The Hall–Kier alpha value is -0.370. The summed E-state index contributed by atoms with van der Waals surface area (Å²) in [7, 11) is 0. The van der Waals surface area contributed by atoms with E-state index in [0.29, 0.717) is 5.92 Å². The number of ether oxygens (including phenoxy) is 1. The monoisotopic (exact) mass is 156 g/mol. The van der Waals surface area contributed by atoms with Crippen molar-refractivity contribution >= 4 is 5.71 Å².